The van der Waals surface area contributed by atoms with Gasteiger partial charge < -0.3 is 5.32 Å². The molecule has 0 radical (unpaired) electrons. The van der Waals surface area contributed by atoms with E-state index in [4.69, 9.17) is 0 Å². The molecule has 0 saturated carbocycles. The molecule has 0 aliphatic rings. The minimum Gasteiger partial charge on any atom is -0.317 e. The van der Waals surface area contributed by atoms with Crippen LogP contribution in [0.3, 0.4) is 0 Å². The predicted molar refractivity (Wildman–Crippen MR) is 75.6 cm³/mol. The lowest BCUT2D eigenvalue weighted by atomic mass is 10.0. The lowest BCUT2D eigenvalue weighted by molar-refractivity contribution is 0.510. The van der Waals surface area contributed by atoms with Crippen LogP contribution in [-0.4, -0.2) is 27.3 Å². The maximum atomic E-state index is 12.0. The monoisotopic (exact) mass is 269 g/mol. The van der Waals surface area contributed by atoms with Gasteiger partial charge in [-0.15, -0.1) is 0 Å². The summed E-state index contributed by atoms with van der Waals surface area (Å²) in [4.78, 5) is 0.490. The van der Waals surface area contributed by atoms with Crippen LogP contribution in [0.2, 0.25) is 0 Å². The first-order chi connectivity index (χ1) is 8.55. The van der Waals surface area contributed by atoms with Crippen molar-refractivity contribution in [3.63, 3.8) is 0 Å². The van der Waals surface area contributed by atoms with E-state index in [9.17, 15) is 8.42 Å². The zero-order valence-electron chi connectivity index (χ0n) is 11.4. The molecule has 0 aromatic heterocycles. The molecule has 0 bridgehead atoms. The van der Waals surface area contributed by atoms with Crippen molar-refractivity contribution in [1.29, 1.82) is 0 Å². The van der Waals surface area contributed by atoms with Gasteiger partial charge >= 0.3 is 0 Å². The summed E-state index contributed by atoms with van der Waals surface area (Å²) in [5, 5.41) is 3.25. The van der Waals surface area contributed by atoms with Crippen molar-refractivity contribution in [1.82, 2.24) is 5.32 Å². The second-order valence-corrected chi connectivity index (χ2v) is 6.74. The zero-order chi connectivity index (χ0) is 13.6. The van der Waals surface area contributed by atoms with E-state index in [1.54, 1.807) is 19.1 Å². The van der Waals surface area contributed by atoms with E-state index in [0.717, 1.165) is 24.8 Å². The Bertz CT molecular complexity index is 468. The third kappa shape index (κ3) is 3.82. The average Bonchev–Trinajstić information content (AvgIpc) is 2.38. The Morgan fingerprint density at radius 3 is 2.44 bits per heavy atom. The van der Waals surface area contributed by atoms with Gasteiger partial charge in [0.2, 0.25) is 0 Å². The van der Waals surface area contributed by atoms with Crippen LogP contribution in [0, 0.1) is 0 Å². The Balaban J connectivity index is 3.03. The van der Waals surface area contributed by atoms with Gasteiger partial charge in [0.05, 0.1) is 10.6 Å². The smallest absolute Gasteiger partial charge is 0.178 e. The minimum absolute atomic E-state index is 0.155. The van der Waals surface area contributed by atoms with Crippen molar-refractivity contribution >= 4 is 9.84 Å². The van der Waals surface area contributed by atoms with Gasteiger partial charge in [-0.1, -0.05) is 38.5 Å². The summed E-state index contributed by atoms with van der Waals surface area (Å²) in [6, 6.07) is 7.67. The van der Waals surface area contributed by atoms with Crippen molar-refractivity contribution in [2.75, 3.05) is 12.8 Å². The molecule has 102 valence electrons. The maximum Gasteiger partial charge on any atom is 0.178 e. The fraction of sp³-hybridized carbons (Fsp3) is 0.571. The maximum absolute atomic E-state index is 12.0. The van der Waals surface area contributed by atoms with Crippen molar-refractivity contribution in [3.05, 3.63) is 29.8 Å². The summed E-state index contributed by atoms with van der Waals surface area (Å²) in [6.07, 6.45) is 2.91. The highest BCUT2D eigenvalue weighted by Gasteiger charge is 2.17. The quantitative estimate of drug-likeness (QED) is 0.827. The molecule has 1 rings (SSSR count). The van der Waals surface area contributed by atoms with Crippen LogP contribution in [0.25, 0.3) is 0 Å². The van der Waals surface area contributed by atoms with Gasteiger partial charge in [-0.05, 0) is 31.5 Å². The Morgan fingerprint density at radius 1 is 1.22 bits per heavy atom. The topological polar surface area (TPSA) is 46.2 Å². The van der Waals surface area contributed by atoms with Gasteiger partial charge in [-0.3, -0.25) is 0 Å². The van der Waals surface area contributed by atoms with E-state index >= 15 is 0 Å². The minimum atomic E-state index is -3.13. The Kier molecular flexibility index (Phi) is 5.82. The molecule has 0 amide bonds. The van der Waals surface area contributed by atoms with Crippen LogP contribution >= 0.6 is 0 Å². The molecule has 0 spiro atoms. The predicted octanol–water partition coefficient (Wildman–Crippen LogP) is 2.41. The molecule has 1 unspecified atom stereocenters. The normalized spacial score (nSPS) is 13.5. The Hall–Kier alpha value is -0.870. The number of hydrogen-bond acceptors (Lipinski definition) is 3. The molecule has 1 aromatic carbocycles. The molecule has 0 aliphatic carbocycles. The zero-order valence-corrected chi connectivity index (χ0v) is 12.3. The second-order valence-electron chi connectivity index (χ2n) is 4.49. The molecule has 0 heterocycles. The molecule has 1 N–H and O–H groups in total. The second kappa shape index (κ2) is 6.90. The molecule has 1 atom stereocenters. The fourth-order valence-corrected chi connectivity index (χ4v) is 3.24. The van der Waals surface area contributed by atoms with E-state index in [1.807, 2.05) is 19.2 Å². The number of likely N-dealkylation sites (N-methyl/N-ethyl adjacent to an activating group) is 1. The fourth-order valence-electron chi connectivity index (χ4n) is 2.09. The molecule has 0 saturated heterocycles. The molecule has 3 nitrogen and oxygen atoms in total. The summed E-state index contributed by atoms with van der Waals surface area (Å²) in [6.45, 7) is 3.83. The number of nitrogens with one attached hydrogen (secondary N) is 1. The van der Waals surface area contributed by atoms with Gasteiger partial charge in [-0.2, -0.15) is 0 Å². The van der Waals surface area contributed by atoms with Crippen molar-refractivity contribution < 1.29 is 8.42 Å². The highest BCUT2D eigenvalue weighted by Crippen LogP contribution is 2.19. The number of benzene rings is 1. The highest BCUT2D eigenvalue weighted by molar-refractivity contribution is 7.91. The summed E-state index contributed by atoms with van der Waals surface area (Å²) in [7, 11) is -1.20. The van der Waals surface area contributed by atoms with Gasteiger partial charge in [0, 0.05) is 6.04 Å². The van der Waals surface area contributed by atoms with Crippen molar-refractivity contribution in [2.24, 2.45) is 0 Å². The third-order valence-electron chi connectivity index (χ3n) is 3.20. The van der Waals surface area contributed by atoms with Gasteiger partial charge in [0.1, 0.15) is 0 Å². The van der Waals surface area contributed by atoms with Crippen LogP contribution in [-0.2, 0) is 16.3 Å². The first-order valence-electron chi connectivity index (χ1n) is 6.53. The van der Waals surface area contributed by atoms with Crippen molar-refractivity contribution in [2.45, 2.75) is 44.0 Å². The summed E-state index contributed by atoms with van der Waals surface area (Å²) < 4.78 is 24.1. The molecule has 4 heteroatoms. The van der Waals surface area contributed by atoms with Crippen LogP contribution < -0.4 is 5.32 Å². The summed E-state index contributed by atoms with van der Waals surface area (Å²) in [5.74, 6) is 0.155. The first-order valence-corrected chi connectivity index (χ1v) is 8.18. The molecular formula is C14H23NO2S. The first kappa shape index (κ1) is 15.2. The van der Waals surface area contributed by atoms with E-state index in [2.05, 4.69) is 12.2 Å². The molecule has 1 aromatic rings. The van der Waals surface area contributed by atoms with Gasteiger partial charge in [0.15, 0.2) is 9.84 Å². The van der Waals surface area contributed by atoms with Crippen LogP contribution in [0.4, 0.5) is 0 Å². The van der Waals surface area contributed by atoms with Crippen LogP contribution in [0.5, 0.6) is 0 Å². The van der Waals surface area contributed by atoms with E-state index < -0.39 is 9.84 Å². The molecule has 18 heavy (non-hydrogen) atoms. The highest BCUT2D eigenvalue weighted by atomic mass is 32.2. The number of hydrogen-bond donors (Lipinski definition) is 1. The lowest BCUT2D eigenvalue weighted by Crippen LogP contribution is -2.28. The molecule has 0 aliphatic heterocycles. The third-order valence-corrected chi connectivity index (χ3v) is 5.03. The SMILES string of the molecule is CCCC(Cc1ccccc1S(=O)(=O)CC)NC. The van der Waals surface area contributed by atoms with Gasteiger partial charge in [0.25, 0.3) is 0 Å². The van der Waals surface area contributed by atoms with Crippen molar-refractivity contribution in [3.8, 4) is 0 Å². The standard InChI is InChI=1S/C14H23NO2S/c1-4-8-13(15-3)11-12-9-6-7-10-14(12)18(16,17)5-2/h6-7,9-10,13,15H,4-5,8,11H2,1-3H3. The Labute approximate surface area is 111 Å². The van der Waals surface area contributed by atoms with E-state index in [1.165, 1.54) is 0 Å². The number of sulfone groups is 1. The molecule has 0 fully saturated rings. The van der Waals surface area contributed by atoms with Gasteiger partial charge in [-0.25, -0.2) is 8.42 Å². The molecular weight excluding hydrogens is 246 g/mol. The largest absolute Gasteiger partial charge is 0.317 e. The number of rotatable bonds is 7. The van der Waals surface area contributed by atoms with Crippen LogP contribution in [0.15, 0.2) is 29.2 Å². The lowest BCUT2D eigenvalue weighted by Gasteiger charge is -2.17. The summed E-state index contributed by atoms with van der Waals surface area (Å²) in [5.41, 5.74) is 0.923. The Morgan fingerprint density at radius 2 is 1.89 bits per heavy atom. The van der Waals surface area contributed by atoms with Crippen LogP contribution in [0.1, 0.15) is 32.3 Å². The average molecular weight is 269 g/mol. The van der Waals surface area contributed by atoms with E-state index in [-0.39, 0.29) is 5.75 Å². The van der Waals surface area contributed by atoms with E-state index in [0.29, 0.717) is 10.9 Å². The summed E-state index contributed by atoms with van der Waals surface area (Å²) >= 11 is 0.